The molecular formula is C8H15ClN2O. The van der Waals surface area contributed by atoms with Gasteiger partial charge in [-0.2, -0.15) is 0 Å². The molecule has 0 aromatic rings. The van der Waals surface area contributed by atoms with Gasteiger partial charge in [0.1, 0.15) is 0 Å². The third-order valence-electron chi connectivity index (χ3n) is 2.79. The Labute approximate surface area is 78.8 Å². The summed E-state index contributed by atoms with van der Waals surface area (Å²) in [6.07, 6.45) is 3.46. The van der Waals surface area contributed by atoms with Crippen molar-refractivity contribution >= 4 is 18.1 Å². The minimum atomic E-state index is 0. The number of hydrogen-bond acceptors (Lipinski definition) is 3. The number of halogens is 1. The average Bonchev–Trinajstić information content (AvgIpc) is 2.06. The Hall–Kier alpha value is -0.280. The third-order valence-corrected chi connectivity index (χ3v) is 2.79. The monoisotopic (exact) mass is 190 g/mol. The minimum Gasteiger partial charge on any atom is -0.411 e. The van der Waals surface area contributed by atoms with Crippen LogP contribution >= 0.6 is 12.4 Å². The zero-order valence-corrected chi connectivity index (χ0v) is 7.89. The van der Waals surface area contributed by atoms with Gasteiger partial charge >= 0.3 is 0 Å². The van der Waals surface area contributed by atoms with Gasteiger partial charge in [0.05, 0.1) is 5.71 Å². The number of nitrogens with zero attached hydrogens (tertiary/aromatic N) is 2. The molecule has 0 aliphatic carbocycles. The van der Waals surface area contributed by atoms with Crippen molar-refractivity contribution in [2.45, 2.75) is 19.3 Å². The van der Waals surface area contributed by atoms with E-state index in [1.165, 1.54) is 19.4 Å². The highest BCUT2D eigenvalue weighted by Crippen LogP contribution is 2.23. The predicted octanol–water partition coefficient (Wildman–Crippen LogP) is 1.35. The molecule has 0 aromatic heterocycles. The smallest absolute Gasteiger partial charge is 0.0627 e. The molecule has 2 heterocycles. The summed E-state index contributed by atoms with van der Waals surface area (Å²) in [6, 6.07) is 0. The molecule has 0 spiro atoms. The van der Waals surface area contributed by atoms with Crippen molar-refractivity contribution < 1.29 is 5.21 Å². The van der Waals surface area contributed by atoms with Gasteiger partial charge in [-0.05, 0) is 19.4 Å². The van der Waals surface area contributed by atoms with Gasteiger partial charge in [0, 0.05) is 25.4 Å². The maximum Gasteiger partial charge on any atom is 0.0627 e. The Kier molecular flexibility index (Phi) is 3.35. The summed E-state index contributed by atoms with van der Waals surface area (Å²) in [6.45, 7) is 3.46. The molecule has 4 heteroatoms. The molecule has 2 fully saturated rings. The van der Waals surface area contributed by atoms with Crippen LogP contribution in [0.3, 0.4) is 0 Å². The molecule has 0 saturated carbocycles. The van der Waals surface area contributed by atoms with Crippen LogP contribution in [0, 0.1) is 5.92 Å². The standard InChI is InChI=1S/C8H14N2O.ClH/c11-9-8-3-5-10-4-1-2-7(8)6-10;/h7,11H,1-6H2;1H. The highest BCUT2D eigenvalue weighted by molar-refractivity contribution is 5.87. The van der Waals surface area contributed by atoms with E-state index in [2.05, 4.69) is 10.1 Å². The summed E-state index contributed by atoms with van der Waals surface area (Å²) in [4.78, 5) is 2.46. The SMILES string of the molecule is Cl.ON=C1CCN2CCCC1C2. The van der Waals surface area contributed by atoms with Gasteiger partial charge < -0.3 is 10.1 Å². The highest BCUT2D eigenvalue weighted by atomic mass is 35.5. The molecule has 2 bridgehead atoms. The van der Waals surface area contributed by atoms with E-state index in [4.69, 9.17) is 5.21 Å². The maximum atomic E-state index is 8.67. The molecule has 2 aliphatic heterocycles. The largest absolute Gasteiger partial charge is 0.411 e. The zero-order chi connectivity index (χ0) is 7.68. The number of hydrogen-bond donors (Lipinski definition) is 1. The second-order valence-corrected chi connectivity index (χ2v) is 3.48. The Morgan fingerprint density at radius 2 is 2.25 bits per heavy atom. The number of rotatable bonds is 0. The molecule has 12 heavy (non-hydrogen) atoms. The fourth-order valence-corrected chi connectivity index (χ4v) is 2.14. The van der Waals surface area contributed by atoms with E-state index in [9.17, 15) is 0 Å². The highest BCUT2D eigenvalue weighted by Gasteiger charge is 2.28. The first-order valence-electron chi connectivity index (χ1n) is 4.33. The maximum absolute atomic E-state index is 8.67. The van der Waals surface area contributed by atoms with E-state index in [1.54, 1.807) is 0 Å². The molecule has 0 amide bonds. The number of piperidine rings is 2. The lowest BCUT2D eigenvalue weighted by Crippen LogP contribution is -2.44. The molecule has 2 atom stereocenters. The van der Waals surface area contributed by atoms with Crippen LogP contribution in [0.4, 0.5) is 0 Å². The Morgan fingerprint density at radius 3 is 3.00 bits per heavy atom. The van der Waals surface area contributed by atoms with E-state index in [1.807, 2.05) is 0 Å². The Bertz CT molecular complexity index is 184. The van der Waals surface area contributed by atoms with Crippen molar-refractivity contribution in [2.75, 3.05) is 19.6 Å². The summed E-state index contributed by atoms with van der Waals surface area (Å²) in [5, 5.41) is 12.0. The normalized spacial score (nSPS) is 37.5. The third kappa shape index (κ3) is 1.72. The summed E-state index contributed by atoms with van der Waals surface area (Å²) < 4.78 is 0. The van der Waals surface area contributed by atoms with Crippen molar-refractivity contribution in [3.8, 4) is 0 Å². The molecule has 3 nitrogen and oxygen atoms in total. The van der Waals surface area contributed by atoms with Crippen molar-refractivity contribution in [3.63, 3.8) is 0 Å². The van der Waals surface area contributed by atoms with Crippen LogP contribution in [0.2, 0.25) is 0 Å². The molecule has 1 N–H and O–H groups in total. The van der Waals surface area contributed by atoms with Crippen LogP contribution in [0.25, 0.3) is 0 Å². The molecule has 2 rings (SSSR count). The topological polar surface area (TPSA) is 35.8 Å². The lowest BCUT2D eigenvalue weighted by Gasteiger charge is -2.37. The Balaban J connectivity index is 0.000000720. The summed E-state index contributed by atoms with van der Waals surface area (Å²) in [7, 11) is 0. The first kappa shape index (κ1) is 9.81. The lowest BCUT2D eigenvalue weighted by molar-refractivity contribution is 0.183. The van der Waals surface area contributed by atoms with E-state index < -0.39 is 0 Å². The predicted molar refractivity (Wildman–Crippen MR) is 50.3 cm³/mol. The lowest BCUT2D eigenvalue weighted by atomic mass is 9.88. The van der Waals surface area contributed by atoms with E-state index in [0.29, 0.717) is 5.92 Å². The van der Waals surface area contributed by atoms with Crippen LogP contribution in [0.5, 0.6) is 0 Å². The van der Waals surface area contributed by atoms with Gasteiger partial charge in [0.15, 0.2) is 0 Å². The number of fused-ring (bicyclic) bond motifs is 2. The second kappa shape index (κ2) is 4.10. The van der Waals surface area contributed by atoms with Crippen molar-refractivity contribution in [1.82, 2.24) is 4.90 Å². The molecule has 70 valence electrons. The summed E-state index contributed by atoms with van der Waals surface area (Å²) in [5.41, 5.74) is 1.03. The fraction of sp³-hybridized carbons (Fsp3) is 0.875. The molecule has 0 radical (unpaired) electrons. The molecule has 0 aromatic carbocycles. The average molecular weight is 191 g/mol. The van der Waals surface area contributed by atoms with Crippen molar-refractivity contribution in [3.05, 3.63) is 0 Å². The quantitative estimate of drug-likeness (QED) is 0.463. The summed E-state index contributed by atoms with van der Waals surface area (Å²) in [5.74, 6) is 0.558. The van der Waals surface area contributed by atoms with Crippen LogP contribution in [-0.2, 0) is 0 Å². The van der Waals surface area contributed by atoms with Crippen LogP contribution < -0.4 is 0 Å². The summed E-state index contributed by atoms with van der Waals surface area (Å²) >= 11 is 0. The molecule has 2 unspecified atom stereocenters. The molecule has 2 saturated heterocycles. The Morgan fingerprint density at radius 1 is 1.42 bits per heavy atom. The van der Waals surface area contributed by atoms with Gasteiger partial charge in [-0.15, -0.1) is 12.4 Å². The van der Waals surface area contributed by atoms with E-state index in [0.717, 1.165) is 25.2 Å². The van der Waals surface area contributed by atoms with Gasteiger partial charge in [-0.3, -0.25) is 0 Å². The van der Waals surface area contributed by atoms with Gasteiger partial charge in [0.25, 0.3) is 0 Å². The van der Waals surface area contributed by atoms with Crippen molar-refractivity contribution in [2.24, 2.45) is 11.1 Å². The minimum absolute atomic E-state index is 0. The van der Waals surface area contributed by atoms with Gasteiger partial charge in [0.2, 0.25) is 0 Å². The second-order valence-electron chi connectivity index (χ2n) is 3.48. The fourth-order valence-electron chi connectivity index (χ4n) is 2.14. The molecular weight excluding hydrogens is 176 g/mol. The van der Waals surface area contributed by atoms with Crippen LogP contribution in [0.1, 0.15) is 19.3 Å². The zero-order valence-electron chi connectivity index (χ0n) is 7.07. The van der Waals surface area contributed by atoms with Crippen LogP contribution in [-0.4, -0.2) is 35.5 Å². The van der Waals surface area contributed by atoms with Gasteiger partial charge in [-0.25, -0.2) is 0 Å². The first-order chi connectivity index (χ1) is 5.40. The van der Waals surface area contributed by atoms with E-state index >= 15 is 0 Å². The van der Waals surface area contributed by atoms with E-state index in [-0.39, 0.29) is 12.4 Å². The number of oxime groups is 1. The molecule has 2 aliphatic rings. The van der Waals surface area contributed by atoms with Crippen LogP contribution in [0.15, 0.2) is 5.16 Å². The first-order valence-corrected chi connectivity index (χ1v) is 4.33. The van der Waals surface area contributed by atoms with Crippen molar-refractivity contribution in [1.29, 1.82) is 0 Å². The van der Waals surface area contributed by atoms with Gasteiger partial charge in [-0.1, -0.05) is 5.16 Å².